The van der Waals surface area contributed by atoms with Crippen molar-refractivity contribution < 1.29 is 19.8 Å². The molecule has 0 aliphatic carbocycles. The molecular formula is C15H13NO4. The molecule has 5 heteroatoms. The van der Waals surface area contributed by atoms with Gasteiger partial charge in [-0.3, -0.25) is 0 Å². The number of carboxylic acid groups (broad SMARTS) is 2. The maximum atomic E-state index is 11.0. The van der Waals surface area contributed by atoms with E-state index in [-0.39, 0.29) is 17.7 Å². The van der Waals surface area contributed by atoms with Crippen molar-refractivity contribution in [1.29, 1.82) is 0 Å². The number of nitrogens with two attached hydrogens (primary N) is 1. The van der Waals surface area contributed by atoms with Crippen molar-refractivity contribution in [2.45, 2.75) is 6.54 Å². The largest absolute Gasteiger partial charge is 0.478 e. The second kappa shape index (κ2) is 5.54. The quantitative estimate of drug-likeness (QED) is 0.791. The van der Waals surface area contributed by atoms with Crippen LogP contribution in [0, 0.1) is 0 Å². The van der Waals surface area contributed by atoms with Gasteiger partial charge in [-0.2, -0.15) is 0 Å². The van der Waals surface area contributed by atoms with Crippen LogP contribution in [0.4, 0.5) is 0 Å². The molecule has 0 bridgehead atoms. The van der Waals surface area contributed by atoms with E-state index in [1.54, 1.807) is 18.2 Å². The van der Waals surface area contributed by atoms with Crippen LogP contribution < -0.4 is 5.73 Å². The lowest BCUT2D eigenvalue weighted by molar-refractivity contribution is 0.0686. The Labute approximate surface area is 115 Å². The number of carbonyl (C=O) groups is 2. The van der Waals surface area contributed by atoms with Gasteiger partial charge in [0.1, 0.15) is 0 Å². The molecule has 4 N–H and O–H groups in total. The van der Waals surface area contributed by atoms with E-state index in [4.69, 9.17) is 15.9 Å². The third-order valence-electron chi connectivity index (χ3n) is 3.00. The molecule has 0 saturated heterocycles. The molecule has 2 aromatic rings. The van der Waals surface area contributed by atoms with Gasteiger partial charge in [-0.05, 0) is 41.0 Å². The summed E-state index contributed by atoms with van der Waals surface area (Å²) in [6.45, 7) is 0.243. The van der Waals surface area contributed by atoms with Crippen LogP contribution in [-0.4, -0.2) is 22.2 Å². The van der Waals surface area contributed by atoms with E-state index in [0.717, 1.165) is 5.56 Å². The second-order valence-corrected chi connectivity index (χ2v) is 4.27. The summed E-state index contributed by atoms with van der Waals surface area (Å²) < 4.78 is 0. The molecule has 0 aromatic heterocycles. The van der Waals surface area contributed by atoms with Gasteiger partial charge < -0.3 is 15.9 Å². The molecule has 0 amide bonds. The van der Waals surface area contributed by atoms with Crippen molar-refractivity contribution in [3.63, 3.8) is 0 Å². The van der Waals surface area contributed by atoms with E-state index in [9.17, 15) is 9.59 Å². The van der Waals surface area contributed by atoms with Crippen molar-refractivity contribution >= 4 is 11.9 Å². The molecule has 0 heterocycles. The fourth-order valence-electron chi connectivity index (χ4n) is 1.98. The Morgan fingerprint density at radius 3 is 2.20 bits per heavy atom. The zero-order valence-corrected chi connectivity index (χ0v) is 10.5. The third-order valence-corrected chi connectivity index (χ3v) is 3.00. The number of carboxylic acids is 2. The minimum atomic E-state index is -1.04. The Hall–Kier alpha value is -2.66. The normalized spacial score (nSPS) is 10.2. The first kappa shape index (κ1) is 13.8. The Balaban J connectivity index is 2.60. The highest BCUT2D eigenvalue weighted by atomic mass is 16.4. The molecule has 0 aliphatic heterocycles. The van der Waals surface area contributed by atoms with Gasteiger partial charge >= 0.3 is 11.9 Å². The van der Waals surface area contributed by atoms with Gasteiger partial charge in [-0.15, -0.1) is 0 Å². The highest BCUT2D eigenvalue weighted by Gasteiger charge is 2.11. The average Bonchev–Trinajstić information content (AvgIpc) is 2.46. The summed E-state index contributed by atoms with van der Waals surface area (Å²) >= 11 is 0. The minimum absolute atomic E-state index is 0.137. The average molecular weight is 271 g/mol. The first-order valence-electron chi connectivity index (χ1n) is 5.93. The topological polar surface area (TPSA) is 101 Å². The molecular weight excluding hydrogens is 258 g/mol. The molecule has 0 spiro atoms. The number of aromatic carboxylic acids is 2. The molecule has 2 rings (SSSR count). The molecule has 5 nitrogen and oxygen atoms in total. The second-order valence-electron chi connectivity index (χ2n) is 4.27. The zero-order chi connectivity index (χ0) is 14.7. The van der Waals surface area contributed by atoms with Crippen LogP contribution in [0.25, 0.3) is 11.1 Å². The minimum Gasteiger partial charge on any atom is -0.478 e. The summed E-state index contributed by atoms with van der Waals surface area (Å²) in [7, 11) is 0. The van der Waals surface area contributed by atoms with E-state index in [0.29, 0.717) is 11.1 Å². The van der Waals surface area contributed by atoms with Crippen LogP contribution >= 0.6 is 0 Å². The van der Waals surface area contributed by atoms with Gasteiger partial charge in [0.2, 0.25) is 0 Å². The molecule has 0 unspecified atom stereocenters. The van der Waals surface area contributed by atoms with Crippen molar-refractivity contribution in [3.8, 4) is 11.1 Å². The lowest BCUT2D eigenvalue weighted by Gasteiger charge is -2.10. The summed E-state index contributed by atoms with van der Waals surface area (Å²) in [6.07, 6.45) is 0. The highest BCUT2D eigenvalue weighted by Crippen LogP contribution is 2.26. The summed E-state index contributed by atoms with van der Waals surface area (Å²) in [5, 5.41) is 18.0. The lowest BCUT2D eigenvalue weighted by atomic mass is 9.96. The molecule has 0 atom stereocenters. The lowest BCUT2D eigenvalue weighted by Crippen LogP contribution is -2.03. The Bertz CT molecular complexity index is 679. The number of benzene rings is 2. The number of hydrogen-bond donors (Lipinski definition) is 3. The van der Waals surface area contributed by atoms with Crippen molar-refractivity contribution in [1.82, 2.24) is 0 Å². The molecule has 0 fully saturated rings. The predicted octanol–water partition coefficient (Wildman–Crippen LogP) is 2.21. The van der Waals surface area contributed by atoms with E-state index < -0.39 is 11.9 Å². The van der Waals surface area contributed by atoms with Crippen molar-refractivity contribution in [2.24, 2.45) is 5.73 Å². The first-order chi connectivity index (χ1) is 9.52. The predicted molar refractivity (Wildman–Crippen MR) is 73.7 cm³/mol. The smallest absolute Gasteiger partial charge is 0.335 e. The van der Waals surface area contributed by atoms with Crippen LogP contribution in [-0.2, 0) is 6.54 Å². The first-order valence-corrected chi connectivity index (χ1v) is 5.93. The van der Waals surface area contributed by atoms with Crippen LogP contribution in [0.3, 0.4) is 0 Å². The van der Waals surface area contributed by atoms with Gasteiger partial charge in [0.25, 0.3) is 0 Å². The fraction of sp³-hybridized carbons (Fsp3) is 0.0667. The molecule has 20 heavy (non-hydrogen) atoms. The molecule has 0 aliphatic rings. The molecule has 102 valence electrons. The standard InChI is InChI=1S/C15H13NO4/c16-8-12-5-4-11(15(19)20)7-13(12)9-2-1-3-10(6-9)14(17)18/h1-7H,8,16H2,(H,17,18)(H,19,20). The summed E-state index contributed by atoms with van der Waals surface area (Å²) in [6, 6.07) is 11.0. The van der Waals surface area contributed by atoms with Crippen molar-refractivity contribution in [3.05, 3.63) is 59.2 Å². The van der Waals surface area contributed by atoms with Crippen LogP contribution in [0.15, 0.2) is 42.5 Å². The summed E-state index contributed by atoms with van der Waals surface area (Å²) in [5.41, 5.74) is 7.96. The monoisotopic (exact) mass is 271 g/mol. The Morgan fingerprint density at radius 2 is 1.60 bits per heavy atom. The van der Waals surface area contributed by atoms with Crippen LogP contribution in [0.1, 0.15) is 26.3 Å². The summed E-state index contributed by atoms with van der Waals surface area (Å²) in [5.74, 6) is -2.07. The Morgan fingerprint density at radius 1 is 0.950 bits per heavy atom. The number of hydrogen-bond acceptors (Lipinski definition) is 3. The number of rotatable bonds is 4. The van der Waals surface area contributed by atoms with Gasteiger partial charge in [-0.25, -0.2) is 9.59 Å². The van der Waals surface area contributed by atoms with E-state index in [1.165, 1.54) is 24.3 Å². The van der Waals surface area contributed by atoms with Crippen LogP contribution in [0.2, 0.25) is 0 Å². The fourth-order valence-corrected chi connectivity index (χ4v) is 1.98. The van der Waals surface area contributed by atoms with Gasteiger partial charge in [0.05, 0.1) is 11.1 Å². The van der Waals surface area contributed by atoms with Gasteiger partial charge in [0, 0.05) is 6.54 Å². The molecule has 0 radical (unpaired) electrons. The van der Waals surface area contributed by atoms with Crippen LogP contribution in [0.5, 0.6) is 0 Å². The van der Waals surface area contributed by atoms with Gasteiger partial charge in [0.15, 0.2) is 0 Å². The SMILES string of the molecule is NCc1ccc(C(=O)O)cc1-c1cccc(C(=O)O)c1. The summed E-state index contributed by atoms with van der Waals surface area (Å²) in [4.78, 5) is 22.0. The van der Waals surface area contributed by atoms with E-state index in [2.05, 4.69) is 0 Å². The molecule has 2 aromatic carbocycles. The third kappa shape index (κ3) is 2.67. The van der Waals surface area contributed by atoms with Gasteiger partial charge in [-0.1, -0.05) is 18.2 Å². The van der Waals surface area contributed by atoms with Crippen molar-refractivity contribution in [2.75, 3.05) is 0 Å². The highest BCUT2D eigenvalue weighted by molar-refractivity contribution is 5.92. The Kier molecular flexibility index (Phi) is 3.81. The van der Waals surface area contributed by atoms with E-state index in [1.807, 2.05) is 0 Å². The maximum Gasteiger partial charge on any atom is 0.335 e. The zero-order valence-electron chi connectivity index (χ0n) is 10.5. The van der Waals surface area contributed by atoms with E-state index >= 15 is 0 Å². The maximum absolute atomic E-state index is 11.0. The molecule has 0 saturated carbocycles.